The highest BCUT2D eigenvalue weighted by Crippen LogP contribution is 2.29. The van der Waals surface area contributed by atoms with Crippen molar-refractivity contribution in [2.75, 3.05) is 7.11 Å². The summed E-state index contributed by atoms with van der Waals surface area (Å²) in [6.07, 6.45) is 0. The molecule has 2 nitrogen and oxygen atoms in total. The van der Waals surface area contributed by atoms with E-state index in [9.17, 15) is 9.18 Å². The highest BCUT2D eigenvalue weighted by Gasteiger charge is 2.11. The van der Waals surface area contributed by atoms with Crippen LogP contribution in [0.3, 0.4) is 0 Å². The van der Waals surface area contributed by atoms with E-state index in [2.05, 4.69) is 20.7 Å². The Hall–Kier alpha value is -1.68. The van der Waals surface area contributed by atoms with Crippen molar-refractivity contribution in [1.82, 2.24) is 0 Å². The van der Waals surface area contributed by atoms with Crippen LogP contribution in [0.2, 0.25) is 0 Å². The Morgan fingerprint density at radius 2 is 1.94 bits per heavy atom. The first-order chi connectivity index (χ1) is 8.61. The Bertz CT molecular complexity index is 596. The second kappa shape index (κ2) is 5.31. The highest BCUT2D eigenvalue weighted by atomic mass is 79.9. The van der Waals surface area contributed by atoms with E-state index in [0.29, 0.717) is 5.56 Å². The lowest BCUT2D eigenvalue weighted by Gasteiger charge is -2.07. The maximum atomic E-state index is 13.5. The molecule has 0 aliphatic rings. The SMILES string of the molecule is COC(=O)c1cc(F)cc(-c2ccccc2Br)c1. The van der Waals surface area contributed by atoms with E-state index in [-0.39, 0.29) is 5.56 Å². The number of halogens is 2. The van der Waals surface area contributed by atoms with Crippen LogP contribution in [0.5, 0.6) is 0 Å². The minimum Gasteiger partial charge on any atom is -0.465 e. The van der Waals surface area contributed by atoms with Gasteiger partial charge in [0.1, 0.15) is 5.82 Å². The zero-order valence-corrected chi connectivity index (χ0v) is 11.2. The summed E-state index contributed by atoms with van der Waals surface area (Å²) in [5.74, 6) is -1.02. The number of carbonyl (C=O) groups excluding carboxylic acids is 1. The monoisotopic (exact) mass is 308 g/mol. The molecule has 0 amide bonds. The van der Waals surface area contributed by atoms with Gasteiger partial charge in [-0.05, 0) is 35.4 Å². The molecule has 0 N–H and O–H groups in total. The van der Waals surface area contributed by atoms with Crippen molar-refractivity contribution in [3.05, 3.63) is 58.3 Å². The standard InChI is InChI=1S/C14H10BrFO2/c1-18-14(17)10-6-9(7-11(16)8-10)12-4-2-3-5-13(12)15/h2-8H,1H3. The highest BCUT2D eigenvalue weighted by molar-refractivity contribution is 9.10. The molecule has 0 atom stereocenters. The number of benzene rings is 2. The van der Waals surface area contributed by atoms with Crippen LogP contribution in [0.4, 0.5) is 4.39 Å². The zero-order chi connectivity index (χ0) is 13.1. The normalized spacial score (nSPS) is 10.2. The third-order valence-corrected chi connectivity index (χ3v) is 3.20. The van der Waals surface area contributed by atoms with Gasteiger partial charge in [0, 0.05) is 4.47 Å². The van der Waals surface area contributed by atoms with E-state index in [1.54, 1.807) is 6.07 Å². The molecule has 0 bridgehead atoms. The number of ether oxygens (including phenoxy) is 1. The van der Waals surface area contributed by atoms with Crippen molar-refractivity contribution in [1.29, 1.82) is 0 Å². The molecule has 0 saturated carbocycles. The second-order valence-electron chi connectivity index (χ2n) is 3.70. The first-order valence-electron chi connectivity index (χ1n) is 5.25. The molecule has 0 aliphatic heterocycles. The molecule has 0 saturated heterocycles. The van der Waals surface area contributed by atoms with Crippen LogP contribution in [0, 0.1) is 5.82 Å². The van der Waals surface area contributed by atoms with E-state index in [4.69, 9.17) is 0 Å². The van der Waals surface area contributed by atoms with Crippen molar-refractivity contribution >= 4 is 21.9 Å². The fourth-order valence-electron chi connectivity index (χ4n) is 1.68. The molecule has 0 heterocycles. The van der Waals surface area contributed by atoms with Crippen LogP contribution in [0.15, 0.2) is 46.9 Å². The lowest BCUT2D eigenvalue weighted by molar-refractivity contribution is 0.0600. The van der Waals surface area contributed by atoms with E-state index in [0.717, 1.165) is 16.1 Å². The minimum atomic E-state index is -0.553. The van der Waals surface area contributed by atoms with Gasteiger partial charge in [0.15, 0.2) is 0 Å². The molecule has 2 rings (SSSR count). The van der Waals surface area contributed by atoms with Gasteiger partial charge in [-0.15, -0.1) is 0 Å². The Balaban J connectivity index is 2.55. The Morgan fingerprint density at radius 1 is 1.22 bits per heavy atom. The molecule has 0 fully saturated rings. The van der Waals surface area contributed by atoms with Crippen LogP contribution in [0.25, 0.3) is 11.1 Å². The Labute approximate surface area is 113 Å². The molecule has 2 aromatic rings. The predicted molar refractivity (Wildman–Crippen MR) is 70.9 cm³/mol. The van der Waals surface area contributed by atoms with E-state index in [1.807, 2.05) is 24.3 Å². The van der Waals surface area contributed by atoms with E-state index < -0.39 is 11.8 Å². The molecular formula is C14H10BrFO2. The van der Waals surface area contributed by atoms with Gasteiger partial charge in [-0.2, -0.15) is 0 Å². The number of esters is 1. The third-order valence-electron chi connectivity index (χ3n) is 2.50. The number of rotatable bonds is 2. The third kappa shape index (κ3) is 2.59. The fraction of sp³-hybridized carbons (Fsp3) is 0.0714. The first-order valence-corrected chi connectivity index (χ1v) is 6.05. The van der Waals surface area contributed by atoms with Crippen molar-refractivity contribution < 1.29 is 13.9 Å². The van der Waals surface area contributed by atoms with Gasteiger partial charge in [0.2, 0.25) is 0 Å². The molecule has 18 heavy (non-hydrogen) atoms. The quantitative estimate of drug-likeness (QED) is 0.783. The van der Waals surface area contributed by atoms with Gasteiger partial charge in [0.25, 0.3) is 0 Å². The molecular weight excluding hydrogens is 299 g/mol. The lowest BCUT2D eigenvalue weighted by atomic mass is 10.0. The smallest absolute Gasteiger partial charge is 0.337 e. The topological polar surface area (TPSA) is 26.3 Å². The van der Waals surface area contributed by atoms with Gasteiger partial charge < -0.3 is 4.74 Å². The molecule has 0 aliphatic carbocycles. The van der Waals surface area contributed by atoms with Gasteiger partial charge in [-0.1, -0.05) is 34.1 Å². The molecule has 0 unspecified atom stereocenters. The summed E-state index contributed by atoms with van der Waals surface area (Å²) in [5.41, 5.74) is 1.65. The van der Waals surface area contributed by atoms with Gasteiger partial charge in [0.05, 0.1) is 12.7 Å². The fourth-order valence-corrected chi connectivity index (χ4v) is 2.19. The number of carbonyl (C=O) groups is 1. The molecule has 0 radical (unpaired) electrons. The predicted octanol–water partition coefficient (Wildman–Crippen LogP) is 4.04. The number of hydrogen-bond acceptors (Lipinski definition) is 2. The van der Waals surface area contributed by atoms with Crippen LogP contribution in [-0.4, -0.2) is 13.1 Å². The summed E-state index contributed by atoms with van der Waals surface area (Å²) in [5, 5.41) is 0. The summed E-state index contributed by atoms with van der Waals surface area (Å²) in [6, 6.07) is 11.6. The number of hydrogen-bond donors (Lipinski definition) is 0. The summed E-state index contributed by atoms with van der Waals surface area (Å²) in [4.78, 5) is 11.4. The average molecular weight is 309 g/mol. The van der Waals surface area contributed by atoms with Crippen LogP contribution in [0.1, 0.15) is 10.4 Å². The van der Waals surface area contributed by atoms with Crippen LogP contribution >= 0.6 is 15.9 Å². The van der Waals surface area contributed by atoms with E-state index in [1.165, 1.54) is 13.2 Å². The summed E-state index contributed by atoms with van der Waals surface area (Å²) >= 11 is 3.40. The number of methoxy groups -OCH3 is 1. The van der Waals surface area contributed by atoms with Crippen molar-refractivity contribution in [2.45, 2.75) is 0 Å². The maximum absolute atomic E-state index is 13.5. The van der Waals surface area contributed by atoms with Gasteiger partial charge in [-0.25, -0.2) is 9.18 Å². The summed E-state index contributed by atoms with van der Waals surface area (Å²) < 4.78 is 19.0. The first kappa shape index (κ1) is 12.8. The van der Waals surface area contributed by atoms with Crippen molar-refractivity contribution in [3.8, 4) is 11.1 Å². The zero-order valence-electron chi connectivity index (χ0n) is 9.61. The van der Waals surface area contributed by atoms with Gasteiger partial charge >= 0.3 is 5.97 Å². The second-order valence-corrected chi connectivity index (χ2v) is 4.55. The molecule has 4 heteroatoms. The molecule has 2 aromatic carbocycles. The summed E-state index contributed by atoms with van der Waals surface area (Å²) in [7, 11) is 1.27. The largest absolute Gasteiger partial charge is 0.465 e. The molecule has 92 valence electrons. The van der Waals surface area contributed by atoms with Crippen LogP contribution < -0.4 is 0 Å². The lowest BCUT2D eigenvalue weighted by Crippen LogP contribution is -2.02. The Kier molecular flexibility index (Phi) is 3.77. The molecule has 0 spiro atoms. The van der Waals surface area contributed by atoms with E-state index >= 15 is 0 Å². The van der Waals surface area contributed by atoms with Gasteiger partial charge in [-0.3, -0.25) is 0 Å². The minimum absolute atomic E-state index is 0.197. The van der Waals surface area contributed by atoms with Crippen molar-refractivity contribution in [2.24, 2.45) is 0 Å². The molecule has 0 aromatic heterocycles. The summed E-state index contributed by atoms with van der Waals surface area (Å²) in [6.45, 7) is 0. The Morgan fingerprint density at radius 3 is 2.61 bits per heavy atom. The van der Waals surface area contributed by atoms with Crippen molar-refractivity contribution in [3.63, 3.8) is 0 Å². The average Bonchev–Trinajstić information content (AvgIpc) is 2.37. The van der Waals surface area contributed by atoms with Crippen LogP contribution in [-0.2, 0) is 4.74 Å². The maximum Gasteiger partial charge on any atom is 0.337 e.